The van der Waals surface area contributed by atoms with Gasteiger partial charge >= 0.3 is 0 Å². The SMILES string of the molecule is C[Si](C)(C)C#Cc1ccccc1C(=O)c1ccccc1. The van der Waals surface area contributed by atoms with Crippen molar-refractivity contribution < 1.29 is 4.79 Å². The number of ketones is 1. The van der Waals surface area contributed by atoms with Gasteiger partial charge in [-0.15, -0.1) is 5.54 Å². The second-order valence-corrected chi connectivity index (χ2v) is 10.5. The zero-order chi connectivity index (χ0) is 14.6. The standard InChI is InChI=1S/C18H18OSi/c1-20(2,3)14-13-15-9-7-8-12-17(15)18(19)16-10-5-4-6-11-16/h4-12H,1-3H3. The molecule has 2 aromatic rings. The van der Waals surface area contributed by atoms with Gasteiger partial charge in [0.05, 0.1) is 0 Å². The number of benzene rings is 2. The van der Waals surface area contributed by atoms with Crippen LogP contribution in [-0.4, -0.2) is 13.9 Å². The van der Waals surface area contributed by atoms with Crippen LogP contribution in [0.2, 0.25) is 19.6 Å². The van der Waals surface area contributed by atoms with Gasteiger partial charge in [0.15, 0.2) is 5.78 Å². The molecule has 0 fully saturated rings. The van der Waals surface area contributed by atoms with E-state index in [4.69, 9.17) is 0 Å². The second kappa shape index (κ2) is 5.90. The fraction of sp³-hybridized carbons (Fsp3) is 0.167. The van der Waals surface area contributed by atoms with E-state index in [2.05, 4.69) is 31.1 Å². The van der Waals surface area contributed by atoms with Crippen LogP contribution in [0.15, 0.2) is 54.6 Å². The summed E-state index contributed by atoms with van der Waals surface area (Å²) >= 11 is 0. The first-order chi connectivity index (χ1) is 9.47. The van der Waals surface area contributed by atoms with Crippen molar-refractivity contribution in [3.05, 3.63) is 71.3 Å². The van der Waals surface area contributed by atoms with Gasteiger partial charge in [0.2, 0.25) is 0 Å². The van der Waals surface area contributed by atoms with E-state index in [0.717, 1.165) is 5.56 Å². The Kier molecular flexibility index (Phi) is 4.22. The molecule has 20 heavy (non-hydrogen) atoms. The molecule has 0 saturated heterocycles. The summed E-state index contributed by atoms with van der Waals surface area (Å²) in [5, 5.41) is 0. The lowest BCUT2D eigenvalue weighted by Gasteiger charge is -2.06. The van der Waals surface area contributed by atoms with Crippen LogP contribution < -0.4 is 0 Å². The van der Waals surface area contributed by atoms with Gasteiger partial charge in [-0.2, -0.15) is 0 Å². The summed E-state index contributed by atoms with van der Waals surface area (Å²) in [4.78, 5) is 12.5. The Morgan fingerprint density at radius 3 is 2.15 bits per heavy atom. The van der Waals surface area contributed by atoms with Crippen LogP contribution in [-0.2, 0) is 0 Å². The molecule has 2 rings (SSSR count). The number of carbonyl (C=O) groups is 1. The third-order valence-electron chi connectivity index (χ3n) is 2.78. The summed E-state index contributed by atoms with van der Waals surface area (Å²) in [6, 6.07) is 16.9. The van der Waals surface area contributed by atoms with Gasteiger partial charge in [0, 0.05) is 16.7 Å². The van der Waals surface area contributed by atoms with E-state index in [1.165, 1.54) is 0 Å². The summed E-state index contributed by atoms with van der Waals surface area (Å²) in [6.45, 7) is 6.59. The van der Waals surface area contributed by atoms with Crippen LogP contribution in [0.3, 0.4) is 0 Å². The average molecular weight is 278 g/mol. The Morgan fingerprint density at radius 1 is 0.900 bits per heavy atom. The van der Waals surface area contributed by atoms with Crippen molar-refractivity contribution in [2.75, 3.05) is 0 Å². The van der Waals surface area contributed by atoms with Crippen LogP contribution in [0, 0.1) is 11.5 Å². The van der Waals surface area contributed by atoms with E-state index in [-0.39, 0.29) is 5.78 Å². The minimum absolute atomic E-state index is 0.0334. The first-order valence-corrected chi connectivity index (χ1v) is 10.2. The topological polar surface area (TPSA) is 17.1 Å². The minimum Gasteiger partial charge on any atom is -0.289 e. The van der Waals surface area contributed by atoms with Crippen LogP contribution in [0.4, 0.5) is 0 Å². The maximum absolute atomic E-state index is 12.5. The van der Waals surface area contributed by atoms with Gasteiger partial charge in [-0.3, -0.25) is 4.79 Å². The molecule has 0 aliphatic heterocycles. The van der Waals surface area contributed by atoms with Gasteiger partial charge in [-0.05, 0) is 12.1 Å². The Hall–Kier alpha value is -2.11. The van der Waals surface area contributed by atoms with Gasteiger partial charge in [-0.25, -0.2) is 0 Å². The van der Waals surface area contributed by atoms with E-state index >= 15 is 0 Å². The zero-order valence-corrected chi connectivity index (χ0v) is 13.1. The summed E-state index contributed by atoms with van der Waals surface area (Å²) in [6.07, 6.45) is 0. The Morgan fingerprint density at radius 2 is 1.50 bits per heavy atom. The normalized spacial score (nSPS) is 10.6. The quantitative estimate of drug-likeness (QED) is 0.458. The average Bonchev–Trinajstić information content (AvgIpc) is 2.45. The highest BCUT2D eigenvalue weighted by molar-refractivity contribution is 6.83. The van der Waals surface area contributed by atoms with E-state index in [0.29, 0.717) is 11.1 Å². The number of hydrogen-bond donors (Lipinski definition) is 0. The van der Waals surface area contributed by atoms with Crippen molar-refractivity contribution >= 4 is 13.9 Å². The summed E-state index contributed by atoms with van der Waals surface area (Å²) in [5.74, 6) is 3.23. The van der Waals surface area contributed by atoms with E-state index in [1.807, 2.05) is 54.6 Å². The number of hydrogen-bond acceptors (Lipinski definition) is 1. The smallest absolute Gasteiger partial charge is 0.194 e. The van der Waals surface area contributed by atoms with E-state index in [1.54, 1.807) is 0 Å². The molecule has 0 saturated carbocycles. The third kappa shape index (κ3) is 3.69. The first kappa shape index (κ1) is 14.3. The third-order valence-corrected chi connectivity index (χ3v) is 3.65. The Labute approximate surface area is 121 Å². The van der Waals surface area contributed by atoms with Gasteiger partial charge < -0.3 is 0 Å². The van der Waals surface area contributed by atoms with E-state index in [9.17, 15) is 4.79 Å². The predicted molar refractivity (Wildman–Crippen MR) is 86.5 cm³/mol. The Bertz CT molecular complexity index is 670. The lowest BCUT2D eigenvalue weighted by Crippen LogP contribution is -2.16. The minimum atomic E-state index is -1.45. The van der Waals surface area contributed by atoms with Gasteiger partial charge in [0.25, 0.3) is 0 Å². The molecule has 0 amide bonds. The van der Waals surface area contributed by atoms with Crippen LogP contribution in [0.25, 0.3) is 0 Å². The van der Waals surface area contributed by atoms with Gasteiger partial charge in [0.1, 0.15) is 8.07 Å². The molecule has 0 atom stereocenters. The molecule has 0 radical (unpaired) electrons. The van der Waals surface area contributed by atoms with Crippen molar-refractivity contribution in [1.82, 2.24) is 0 Å². The fourth-order valence-electron chi connectivity index (χ4n) is 1.79. The highest BCUT2D eigenvalue weighted by Crippen LogP contribution is 2.14. The molecule has 0 unspecified atom stereocenters. The molecule has 100 valence electrons. The van der Waals surface area contributed by atoms with Crippen LogP contribution in [0.5, 0.6) is 0 Å². The van der Waals surface area contributed by atoms with Crippen molar-refractivity contribution in [3.63, 3.8) is 0 Å². The van der Waals surface area contributed by atoms with E-state index < -0.39 is 8.07 Å². The molecule has 2 heteroatoms. The zero-order valence-electron chi connectivity index (χ0n) is 12.1. The molecule has 0 aliphatic rings. The highest BCUT2D eigenvalue weighted by atomic mass is 28.3. The van der Waals surface area contributed by atoms with Crippen LogP contribution >= 0.6 is 0 Å². The second-order valence-electron chi connectivity index (χ2n) is 5.74. The molecule has 0 aromatic heterocycles. The lowest BCUT2D eigenvalue weighted by atomic mass is 9.99. The summed E-state index contributed by atoms with van der Waals surface area (Å²) < 4.78 is 0. The predicted octanol–water partition coefficient (Wildman–Crippen LogP) is 4.15. The van der Waals surface area contributed by atoms with Crippen molar-refractivity contribution in [2.45, 2.75) is 19.6 Å². The fourth-order valence-corrected chi connectivity index (χ4v) is 2.30. The monoisotopic (exact) mass is 278 g/mol. The van der Waals surface area contributed by atoms with Crippen molar-refractivity contribution in [2.24, 2.45) is 0 Å². The van der Waals surface area contributed by atoms with Gasteiger partial charge in [-0.1, -0.05) is 68.0 Å². The molecule has 0 N–H and O–H groups in total. The number of rotatable bonds is 2. The molecule has 0 aliphatic carbocycles. The molecular formula is C18H18OSi. The van der Waals surface area contributed by atoms with Crippen molar-refractivity contribution in [3.8, 4) is 11.5 Å². The summed E-state index contributed by atoms with van der Waals surface area (Å²) in [7, 11) is -1.45. The molecule has 0 heterocycles. The maximum atomic E-state index is 12.5. The molecule has 0 bridgehead atoms. The summed E-state index contributed by atoms with van der Waals surface area (Å²) in [5.41, 5.74) is 5.53. The molecule has 0 spiro atoms. The largest absolute Gasteiger partial charge is 0.289 e. The molecule has 2 aromatic carbocycles. The van der Waals surface area contributed by atoms with Crippen LogP contribution in [0.1, 0.15) is 21.5 Å². The molecule has 1 nitrogen and oxygen atoms in total. The first-order valence-electron chi connectivity index (χ1n) is 6.69. The maximum Gasteiger partial charge on any atom is 0.194 e. The molecular weight excluding hydrogens is 260 g/mol. The highest BCUT2D eigenvalue weighted by Gasteiger charge is 2.13. The Balaban J connectivity index is 2.43. The van der Waals surface area contributed by atoms with Crippen molar-refractivity contribution in [1.29, 1.82) is 0 Å². The number of carbonyl (C=O) groups excluding carboxylic acids is 1. The lowest BCUT2D eigenvalue weighted by molar-refractivity contribution is 0.103.